The van der Waals surface area contributed by atoms with E-state index in [1.165, 1.54) is 6.42 Å². The molecule has 3 atom stereocenters. The number of aliphatic hydroxyl groups excluding tert-OH is 1. The van der Waals surface area contributed by atoms with Crippen molar-refractivity contribution in [2.75, 3.05) is 0 Å². The Morgan fingerprint density at radius 3 is 2.56 bits per heavy atom. The van der Waals surface area contributed by atoms with E-state index in [9.17, 15) is 5.11 Å². The van der Waals surface area contributed by atoms with Crippen LogP contribution in [0.1, 0.15) is 45.7 Å². The molecule has 4 nitrogen and oxygen atoms in total. The Hall–Kier alpha value is -0.420. The largest absolute Gasteiger partial charge is 0.393 e. The fourth-order valence-electron chi connectivity index (χ4n) is 3.38. The molecular weight excluding hydrogens is 294 g/mol. The van der Waals surface area contributed by atoms with Crippen LogP contribution in [0.3, 0.4) is 0 Å². The predicted octanol–water partition coefficient (Wildman–Crippen LogP) is 2.65. The second kappa shape index (κ2) is 4.93. The third kappa shape index (κ3) is 2.35. The van der Waals surface area contributed by atoms with Gasteiger partial charge in [0.1, 0.15) is 0 Å². The molecule has 0 aromatic carbocycles. The molecule has 1 aliphatic carbocycles. The van der Waals surface area contributed by atoms with E-state index in [-0.39, 0.29) is 17.4 Å². The third-order valence-corrected chi connectivity index (χ3v) is 4.94. The molecular formula is C13H22BrN3O. The first kappa shape index (κ1) is 14.0. The van der Waals surface area contributed by atoms with Crippen LogP contribution in [-0.4, -0.2) is 26.2 Å². The lowest BCUT2D eigenvalue weighted by molar-refractivity contribution is 0.0121. The molecule has 18 heavy (non-hydrogen) atoms. The van der Waals surface area contributed by atoms with Gasteiger partial charge in [0.2, 0.25) is 0 Å². The Morgan fingerprint density at radius 2 is 2.06 bits per heavy atom. The topological polar surface area (TPSA) is 50.9 Å². The number of aliphatic hydroxyl groups is 1. The standard InChI is InChI=1S/C13H22BrN3O/c1-8-5-6-9(10(18)7-8)13(2,3)11-12(14)15-16-17(11)4/h8-10,18H,5-7H2,1-4H3. The fraction of sp³-hybridized carbons (Fsp3) is 0.846. The molecule has 0 radical (unpaired) electrons. The zero-order valence-corrected chi connectivity index (χ0v) is 13.1. The van der Waals surface area contributed by atoms with E-state index in [0.717, 1.165) is 23.1 Å². The first-order valence-corrected chi connectivity index (χ1v) is 7.37. The van der Waals surface area contributed by atoms with Crippen LogP contribution in [-0.2, 0) is 12.5 Å². The van der Waals surface area contributed by atoms with Crippen molar-refractivity contribution in [1.29, 1.82) is 0 Å². The van der Waals surface area contributed by atoms with E-state index >= 15 is 0 Å². The first-order chi connectivity index (χ1) is 8.34. The lowest BCUT2D eigenvalue weighted by atomic mass is 9.66. The highest BCUT2D eigenvalue weighted by Crippen LogP contribution is 2.43. The minimum Gasteiger partial charge on any atom is -0.393 e. The van der Waals surface area contributed by atoms with Crippen molar-refractivity contribution in [1.82, 2.24) is 15.0 Å². The molecule has 1 N–H and O–H groups in total. The van der Waals surface area contributed by atoms with Crippen molar-refractivity contribution in [3.05, 3.63) is 10.3 Å². The Labute approximate surface area is 117 Å². The van der Waals surface area contributed by atoms with Gasteiger partial charge in [0.05, 0.1) is 11.8 Å². The van der Waals surface area contributed by atoms with E-state index in [1.54, 1.807) is 0 Å². The smallest absolute Gasteiger partial charge is 0.152 e. The molecule has 0 saturated heterocycles. The van der Waals surface area contributed by atoms with Crippen molar-refractivity contribution in [3.63, 3.8) is 0 Å². The van der Waals surface area contributed by atoms with E-state index < -0.39 is 0 Å². The van der Waals surface area contributed by atoms with Gasteiger partial charge < -0.3 is 5.11 Å². The molecule has 2 rings (SSSR count). The fourth-order valence-corrected chi connectivity index (χ4v) is 4.22. The maximum absolute atomic E-state index is 10.4. The number of nitrogens with zero attached hydrogens (tertiary/aromatic N) is 3. The molecule has 3 unspecified atom stereocenters. The summed E-state index contributed by atoms with van der Waals surface area (Å²) in [6, 6.07) is 0. The molecule has 5 heteroatoms. The number of aromatic nitrogens is 3. The molecule has 1 aromatic heterocycles. The highest BCUT2D eigenvalue weighted by Gasteiger charge is 2.42. The Morgan fingerprint density at radius 1 is 1.39 bits per heavy atom. The Balaban J connectivity index is 2.31. The van der Waals surface area contributed by atoms with E-state index in [0.29, 0.717) is 5.92 Å². The molecule has 1 fully saturated rings. The van der Waals surface area contributed by atoms with E-state index in [4.69, 9.17) is 0 Å². The Bertz CT molecular complexity index is 410. The van der Waals surface area contributed by atoms with Crippen molar-refractivity contribution in [2.24, 2.45) is 18.9 Å². The van der Waals surface area contributed by atoms with Crippen LogP contribution in [0.15, 0.2) is 4.60 Å². The molecule has 1 heterocycles. The molecule has 0 spiro atoms. The molecule has 1 saturated carbocycles. The number of hydrogen-bond acceptors (Lipinski definition) is 3. The zero-order valence-electron chi connectivity index (χ0n) is 11.5. The molecule has 1 aromatic rings. The summed E-state index contributed by atoms with van der Waals surface area (Å²) >= 11 is 3.48. The third-order valence-electron chi connectivity index (χ3n) is 4.40. The van der Waals surface area contributed by atoms with Crippen molar-refractivity contribution in [3.8, 4) is 0 Å². The van der Waals surface area contributed by atoms with Crippen LogP contribution in [0.25, 0.3) is 0 Å². The second-order valence-corrected chi connectivity index (χ2v) is 6.92. The van der Waals surface area contributed by atoms with Crippen LogP contribution in [0.2, 0.25) is 0 Å². The highest BCUT2D eigenvalue weighted by molar-refractivity contribution is 9.10. The van der Waals surface area contributed by atoms with Crippen molar-refractivity contribution < 1.29 is 5.11 Å². The summed E-state index contributed by atoms with van der Waals surface area (Å²) in [6.45, 7) is 6.58. The normalized spacial score (nSPS) is 29.6. The second-order valence-electron chi connectivity index (χ2n) is 6.17. The molecule has 1 aliphatic rings. The number of halogens is 1. The van der Waals surface area contributed by atoms with Crippen LogP contribution < -0.4 is 0 Å². The summed E-state index contributed by atoms with van der Waals surface area (Å²) in [4.78, 5) is 0. The maximum atomic E-state index is 10.4. The average Bonchev–Trinajstić information content (AvgIpc) is 2.58. The quantitative estimate of drug-likeness (QED) is 0.912. The number of aryl methyl sites for hydroxylation is 1. The van der Waals surface area contributed by atoms with Crippen LogP contribution >= 0.6 is 15.9 Å². The summed E-state index contributed by atoms with van der Waals surface area (Å²) in [7, 11) is 1.91. The minimum absolute atomic E-state index is 0.128. The van der Waals surface area contributed by atoms with Gasteiger partial charge in [-0.25, -0.2) is 0 Å². The van der Waals surface area contributed by atoms with Crippen LogP contribution in [0.4, 0.5) is 0 Å². The summed E-state index contributed by atoms with van der Waals surface area (Å²) in [5.74, 6) is 0.891. The lowest BCUT2D eigenvalue weighted by Gasteiger charge is -2.41. The number of rotatable bonds is 2. The van der Waals surface area contributed by atoms with Gasteiger partial charge in [-0.1, -0.05) is 32.4 Å². The van der Waals surface area contributed by atoms with Crippen molar-refractivity contribution in [2.45, 2.75) is 51.6 Å². The van der Waals surface area contributed by atoms with Gasteiger partial charge in [-0.05, 0) is 40.6 Å². The van der Waals surface area contributed by atoms with Crippen LogP contribution in [0, 0.1) is 11.8 Å². The maximum Gasteiger partial charge on any atom is 0.152 e. The van der Waals surface area contributed by atoms with Gasteiger partial charge in [0.15, 0.2) is 4.60 Å². The van der Waals surface area contributed by atoms with E-state index in [1.807, 2.05) is 11.7 Å². The SMILES string of the molecule is CC1CCC(C(C)(C)c2c(Br)nnn2C)C(O)C1. The summed E-state index contributed by atoms with van der Waals surface area (Å²) in [6.07, 6.45) is 2.92. The van der Waals surface area contributed by atoms with Crippen molar-refractivity contribution >= 4 is 15.9 Å². The average molecular weight is 316 g/mol. The van der Waals surface area contributed by atoms with Gasteiger partial charge in [0, 0.05) is 12.5 Å². The lowest BCUT2D eigenvalue weighted by Crippen LogP contribution is -2.42. The highest BCUT2D eigenvalue weighted by atomic mass is 79.9. The van der Waals surface area contributed by atoms with Gasteiger partial charge >= 0.3 is 0 Å². The van der Waals surface area contributed by atoms with Gasteiger partial charge in [-0.2, -0.15) is 0 Å². The molecule has 102 valence electrons. The number of hydrogen-bond donors (Lipinski definition) is 1. The Kier molecular flexibility index (Phi) is 3.83. The summed E-state index contributed by atoms with van der Waals surface area (Å²) in [5.41, 5.74) is 0.942. The molecule has 0 bridgehead atoms. The van der Waals surface area contributed by atoms with E-state index in [2.05, 4.69) is 47.0 Å². The van der Waals surface area contributed by atoms with Gasteiger partial charge in [-0.3, -0.25) is 4.68 Å². The molecule has 0 amide bonds. The van der Waals surface area contributed by atoms with Gasteiger partial charge in [-0.15, -0.1) is 5.10 Å². The molecule has 0 aliphatic heterocycles. The minimum atomic E-state index is -0.231. The first-order valence-electron chi connectivity index (χ1n) is 6.57. The summed E-state index contributed by atoms with van der Waals surface area (Å²) < 4.78 is 2.61. The van der Waals surface area contributed by atoms with Crippen LogP contribution in [0.5, 0.6) is 0 Å². The predicted molar refractivity (Wildman–Crippen MR) is 74.2 cm³/mol. The summed E-state index contributed by atoms with van der Waals surface area (Å²) in [5, 5.41) is 18.5. The van der Waals surface area contributed by atoms with Gasteiger partial charge in [0.25, 0.3) is 0 Å². The monoisotopic (exact) mass is 315 g/mol. The zero-order chi connectivity index (χ0) is 13.5.